The van der Waals surface area contributed by atoms with E-state index in [1.54, 1.807) is 42.5 Å². The molecule has 0 aliphatic heterocycles. The molecule has 2 amide bonds. The Labute approximate surface area is 205 Å². The fourth-order valence-electron chi connectivity index (χ4n) is 3.14. The van der Waals surface area contributed by atoms with Gasteiger partial charge in [-0.2, -0.15) is 0 Å². The van der Waals surface area contributed by atoms with Crippen LogP contribution < -0.4 is 20.7 Å². The highest BCUT2D eigenvalue weighted by atomic mass is 32.1. The number of ether oxygens (including phenoxy) is 1. The Bertz CT molecular complexity index is 1130. The Kier molecular flexibility index (Phi) is 8.76. The first kappa shape index (κ1) is 24.9. The van der Waals surface area contributed by atoms with Crippen LogP contribution in [0, 0.1) is 5.92 Å². The van der Waals surface area contributed by atoms with Crippen molar-refractivity contribution in [2.45, 2.75) is 26.8 Å². The monoisotopic (exact) mass is 475 g/mol. The average Bonchev–Trinajstić information content (AvgIpc) is 2.83. The van der Waals surface area contributed by atoms with Crippen LogP contribution in [0.15, 0.2) is 78.9 Å². The lowest BCUT2D eigenvalue weighted by molar-refractivity contribution is 0.0938. The van der Waals surface area contributed by atoms with Gasteiger partial charge >= 0.3 is 0 Å². The molecule has 176 valence electrons. The maximum atomic E-state index is 12.6. The number of carbonyl (C=O) groups is 2. The fourth-order valence-corrected chi connectivity index (χ4v) is 3.35. The van der Waals surface area contributed by atoms with Gasteiger partial charge in [0.05, 0.1) is 12.6 Å². The minimum Gasteiger partial charge on any atom is -0.493 e. The van der Waals surface area contributed by atoms with Crippen LogP contribution in [0.1, 0.15) is 53.1 Å². The van der Waals surface area contributed by atoms with E-state index in [9.17, 15) is 9.59 Å². The molecule has 0 fully saturated rings. The van der Waals surface area contributed by atoms with Crippen LogP contribution in [0.3, 0.4) is 0 Å². The predicted molar refractivity (Wildman–Crippen MR) is 139 cm³/mol. The van der Waals surface area contributed by atoms with Crippen LogP contribution in [0.2, 0.25) is 0 Å². The van der Waals surface area contributed by atoms with E-state index in [1.807, 2.05) is 43.3 Å². The minimum atomic E-state index is -0.335. The third-order valence-electron chi connectivity index (χ3n) is 4.96. The first-order chi connectivity index (χ1) is 16.3. The number of nitrogens with one attached hydrogen (secondary N) is 3. The largest absolute Gasteiger partial charge is 0.493 e. The molecule has 0 aliphatic rings. The van der Waals surface area contributed by atoms with Crippen molar-refractivity contribution < 1.29 is 14.3 Å². The molecule has 0 spiro atoms. The lowest BCUT2D eigenvalue weighted by Gasteiger charge is -2.15. The fraction of sp³-hybridized carbons (Fsp3) is 0.222. The molecule has 0 bridgehead atoms. The summed E-state index contributed by atoms with van der Waals surface area (Å²) in [6.45, 7) is 6.64. The van der Waals surface area contributed by atoms with Gasteiger partial charge in [0.1, 0.15) is 5.75 Å². The zero-order valence-electron chi connectivity index (χ0n) is 19.5. The maximum Gasteiger partial charge on any atom is 0.257 e. The van der Waals surface area contributed by atoms with E-state index in [-0.39, 0.29) is 23.0 Å². The molecular weight excluding hydrogens is 446 g/mol. The molecule has 3 N–H and O–H groups in total. The third kappa shape index (κ3) is 7.42. The van der Waals surface area contributed by atoms with E-state index in [0.717, 1.165) is 5.56 Å². The first-order valence-corrected chi connectivity index (χ1v) is 11.5. The highest BCUT2D eigenvalue weighted by molar-refractivity contribution is 7.80. The van der Waals surface area contributed by atoms with Gasteiger partial charge in [0.25, 0.3) is 11.8 Å². The second kappa shape index (κ2) is 12.0. The quantitative estimate of drug-likeness (QED) is 0.383. The Morgan fingerprint density at radius 2 is 1.56 bits per heavy atom. The summed E-state index contributed by atoms with van der Waals surface area (Å²) in [6.07, 6.45) is 0. The summed E-state index contributed by atoms with van der Waals surface area (Å²) in [6, 6.07) is 23.5. The van der Waals surface area contributed by atoms with Crippen molar-refractivity contribution in [3.63, 3.8) is 0 Å². The van der Waals surface area contributed by atoms with E-state index in [1.165, 1.54) is 0 Å². The topological polar surface area (TPSA) is 79.5 Å². The second-order valence-corrected chi connectivity index (χ2v) is 8.73. The molecule has 0 aromatic heterocycles. The molecule has 3 aromatic rings. The number of amides is 2. The van der Waals surface area contributed by atoms with Gasteiger partial charge in [-0.3, -0.25) is 14.9 Å². The SMILES string of the molecule is CC(C)COc1cccc(C(=O)NC(=S)Nc2ccc(C(=O)NC(C)c3ccccc3)cc2)c1. The third-order valence-corrected chi connectivity index (χ3v) is 5.16. The zero-order valence-corrected chi connectivity index (χ0v) is 20.3. The van der Waals surface area contributed by atoms with Gasteiger partial charge < -0.3 is 15.4 Å². The molecule has 0 radical (unpaired) electrons. The number of thiocarbonyl (C=S) groups is 1. The van der Waals surface area contributed by atoms with Crippen LogP contribution in [0.5, 0.6) is 5.75 Å². The normalized spacial score (nSPS) is 11.4. The highest BCUT2D eigenvalue weighted by Crippen LogP contribution is 2.16. The van der Waals surface area contributed by atoms with Crippen molar-refractivity contribution in [2.75, 3.05) is 11.9 Å². The number of anilines is 1. The Morgan fingerprint density at radius 3 is 2.24 bits per heavy atom. The van der Waals surface area contributed by atoms with E-state index in [2.05, 4.69) is 29.8 Å². The molecule has 1 unspecified atom stereocenters. The summed E-state index contributed by atoms with van der Waals surface area (Å²) in [5.41, 5.74) is 2.67. The standard InChI is InChI=1S/C27H29N3O3S/c1-18(2)17-33-24-11-7-10-22(16-24)26(32)30-27(34)29-23-14-12-21(13-15-23)25(31)28-19(3)20-8-5-4-6-9-20/h4-16,18-19H,17H2,1-3H3,(H,28,31)(H2,29,30,32,34). The lowest BCUT2D eigenvalue weighted by Crippen LogP contribution is -2.34. The van der Waals surface area contributed by atoms with Gasteiger partial charge in [0, 0.05) is 16.8 Å². The van der Waals surface area contributed by atoms with Crippen LogP contribution in [0.25, 0.3) is 0 Å². The minimum absolute atomic E-state index is 0.108. The highest BCUT2D eigenvalue weighted by Gasteiger charge is 2.12. The summed E-state index contributed by atoms with van der Waals surface area (Å²) >= 11 is 5.27. The molecule has 1 atom stereocenters. The van der Waals surface area contributed by atoms with Gasteiger partial charge in [-0.25, -0.2) is 0 Å². The number of benzene rings is 3. The maximum absolute atomic E-state index is 12.6. The molecule has 34 heavy (non-hydrogen) atoms. The van der Waals surface area contributed by atoms with Crippen LogP contribution in [-0.2, 0) is 0 Å². The molecule has 0 saturated heterocycles. The number of carbonyl (C=O) groups excluding carboxylic acids is 2. The molecule has 3 aromatic carbocycles. The summed E-state index contributed by atoms with van der Waals surface area (Å²) in [7, 11) is 0. The number of hydrogen-bond acceptors (Lipinski definition) is 4. The summed E-state index contributed by atoms with van der Waals surface area (Å²) in [5, 5.41) is 8.78. The Morgan fingerprint density at radius 1 is 0.853 bits per heavy atom. The average molecular weight is 476 g/mol. The molecule has 0 heterocycles. The van der Waals surface area contributed by atoms with Crippen molar-refractivity contribution in [3.05, 3.63) is 95.6 Å². The van der Waals surface area contributed by atoms with Crippen LogP contribution in [0.4, 0.5) is 5.69 Å². The van der Waals surface area contributed by atoms with Crippen LogP contribution >= 0.6 is 12.2 Å². The first-order valence-electron chi connectivity index (χ1n) is 11.1. The van der Waals surface area contributed by atoms with Crippen molar-refractivity contribution in [1.29, 1.82) is 0 Å². The van der Waals surface area contributed by atoms with E-state index >= 15 is 0 Å². The lowest BCUT2D eigenvalue weighted by atomic mass is 10.1. The smallest absolute Gasteiger partial charge is 0.257 e. The molecular formula is C27H29N3O3S. The Hall–Kier alpha value is -3.71. The van der Waals surface area contributed by atoms with Gasteiger partial charge in [-0.15, -0.1) is 0 Å². The Balaban J connectivity index is 1.53. The van der Waals surface area contributed by atoms with E-state index in [4.69, 9.17) is 17.0 Å². The predicted octanol–water partition coefficient (Wildman–Crippen LogP) is 5.34. The van der Waals surface area contributed by atoms with E-state index in [0.29, 0.717) is 35.1 Å². The van der Waals surface area contributed by atoms with Gasteiger partial charge in [-0.05, 0) is 73.1 Å². The summed E-state index contributed by atoms with van der Waals surface area (Å²) < 4.78 is 5.68. The second-order valence-electron chi connectivity index (χ2n) is 8.32. The van der Waals surface area contributed by atoms with Gasteiger partial charge in [0.15, 0.2) is 5.11 Å². The summed E-state index contributed by atoms with van der Waals surface area (Å²) in [5.74, 6) is 0.520. The van der Waals surface area contributed by atoms with Crippen molar-refractivity contribution >= 4 is 34.8 Å². The summed E-state index contributed by atoms with van der Waals surface area (Å²) in [4.78, 5) is 25.1. The van der Waals surface area contributed by atoms with Crippen molar-refractivity contribution in [3.8, 4) is 5.75 Å². The molecule has 7 heteroatoms. The number of hydrogen-bond donors (Lipinski definition) is 3. The van der Waals surface area contributed by atoms with Gasteiger partial charge in [0.2, 0.25) is 0 Å². The molecule has 0 saturated carbocycles. The van der Waals surface area contributed by atoms with Crippen LogP contribution in [-0.4, -0.2) is 23.5 Å². The molecule has 0 aliphatic carbocycles. The van der Waals surface area contributed by atoms with E-state index < -0.39 is 0 Å². The molecule has 6 nitrogen and oxygen atoms in total. The van der Waals surface area contributed by atoms with Crippen molar-refractivity contribution in [1.82, 2.24) is 10.6 Å². The zero-order chi connectivity index (χ0) is 24.5. The number of rotatable bonds is 8. The van der Waals surface area contributed by atoms with Crippen molar-refractivity contribution in [2.24, 2.45) is 5.92 Å². The van der Waals surface area contributed by atoms with Gasteiger partial charge in [-0.1, -0.05) is 50.2 Å². The molecule has 3 rings (SSSR count).